The summed E-state index contributed by atoms with van der Waals surface area (Å²) in [7, 11) is 2.90. The van der Waals surface area contributed by atoms with E-state index < -0.39 is 12.1 Å². The Balaban J connectivity index is 1.95. The van der Waals surface area contributed by atoms with Crippen LogP contribution in [-0.2, 0) is 14.3 Å². The van der Waals surface area contributed by atoms with E-state index in [4.69, 9.17) is 4.74 Å². The molecule has 2 aromatic rings. The molecule has 0 saturated carbocycles. The van der Waals surface area contributed by atoms with E-state index in [2.05, 4.69) is 15.4 Å². The van der Waals surface area contributed by atoms with Crippen molar-refractivity contribution >= 4 is 41.0 Å². The number of ether oxygens (including phenoxy) is 2. The van der Waals surface area contributed by atoms with Gasteiger partial charge in [0, 0.05) is 18.4 Å². The van der Waals surface area contributed by atoms with Gasteiger partial charge in [0.15, 0.2) is 6.61 Å². The van der Waals surface area contributed by atoms with Crippen molar-refractivity contribution in [3.05, 3.63) is 54.6 Å². The van der Waals surface area contributed by atoms with E-state index in [9.17, 15) is 14.4 Å². The fourth-order valence-corrected chi connectivity index (χ4v) is 3.12. The van der Waals surface area contributed by atoms with Crippen molar-refractivity contribution in [2.45, 2.75) is 12.5 Å². The Bertz CT molecular complexity index is 861. The second-order valence-electron chi connectivity index (χ2n) is 6.57. The molecule has 3 amide bonds. The number of thioether (sulfide) groups is 1. The lowest BCUT2D eigenvalue weighted by atomic mass is 10.2. The van der Waals surface area contributed by atoms with Gasteiger partial charge >= 0.3 is 6.09 Å². The lowest BCUT2D eigenvalue weighted by molar-refractivity contribution is -0.127. The van der Waals surface area contributed by atoms with Gasteiger partial charge in [-0.15, -0.1) is 0 Å². The Morgan fingerprint density at radius 2 is 1.74 bits per heavy atom. The number of methoxy groups -OCH3 is 1. The van der Waals surface area contributed by atoms with Crippen LogP contribution < -0.4 is 20.3 Å². The molecule has 0 fully saturated rings. The average molecular weight is 446 g/mol. The SMILES string of the molecule is COC(=O)N(C)c1ccc(NC(=O)C(CCSC)NC(=O)COc2ccccc2)cc1. The highest BCUT2D eigenvalue weighted by molar-refractivity contribution is 7.98. The number of carbonyl (C=O) groups is 3. The molecule has 1 unspecified atom stereocenters. The standard InChI is InChI=1S/C22H27N3O5S/c1-25(22(28)29-2)17-11-9-16(10-12-17)23-21(27)19(13-14-31-3)24-20(26)15-30-18-7-5-4-6-8-18/h4-12,19H,13-15H2,1-3H3,(H,23,27)(H,24,26). The zero-order chi connectivity index (χ0) is 22.6. The predicted octanol–water partition coefficient (Wildman–Crippen LogP) is 3.14. The maximum atomic E-state index is 12.7. The number of carbonyl (C=O) groups excluding carboxylic acids is 3. The van der Waals surface area contributed by atoms with Crippen LogP contribution in [0.5, 0.6) is 5.75 Å². The van der Waals surface area contributed by atoms with E-state index in [1.807, 2.05) is 24.5 Å². The number of nitrogens with one attached hydrogen (secondary N) is 2. The highest BCUT2D eigenvalue weighted by atomic mass is 32.2. The van der Waals surface area contributed by atoms with Gasteiger partial charge in [0.25, 0.3) is 5.91 Å². The summed E-state index contributed by atoms with van der Waals surface area (Å²) in [6.45, 7) is -0.179. The minimum atomic E-state index is -0.697. The normalized spacial score (nSPS) is 11.2. The summed E-state index contributed by atoms with van der Waals surface area (Å²) in [5.74, 6) is 0.594. The van der Waals surface area contributed by atoms with Gasteiger partial charge in [-0.2, -0.15) is 11.8 Å². The van der Waals surface area contributed by atoms with Crippen LogP contribution in [0.25, 0.3) is 0 Å². The Morgan fingerprint density at radius 1 is 1.06 bits per heavy atom. The Kier molecular flexibility index (Phi) is 9.70. The maximum Gasteiger partial charge on any atom is 0.413 e. The van der Waals surface area contributed by atoms with E-state index >= 15 is 0 Å². The molecule has 0 bridgehead atoms. The Morgan fingerprint density at radius 3 is 2.35 bits per heavy atom. The fraction of sp³-hybridized carbons (Fsp3) is 0.318. The summed E-state index contributed by atoms with van der Waals surface area (Å²) in [5, 5.41) is 5.54. The second-order valence-corrected chi connectivity index (χ2v) is 7.55. The van der Waals surface area contributed by atoms with E-state index in [0.717, 1.165) is 0 Å². The molecule has 0 heterocycles. The van der Waals surface area contributed by atoms with Gasteiger partial charge in [0.2, 0.25) is 5.91 Å². The third-order valence-corrected chi connectivity index (χ3v) is 4.99. The van der Waals surface area contributed by atoms with Crippen molar-refractivity contribution in [2.24, 2.45) is 0 Å². The van der Waals surface area contributed by atoms with Crippen LogP contribution in [-0.4, -0.2) is 56.7 Å². The van der Waals surface area contributed by atoms with E-state index in [0.29, 0.717) is 29.3 Å². The number of anilines is 2. The van der Waals surface area contributed by atoms with Crippen LogP contribution in [0.4, 0.5) is 16.2 Å². The second kappa shape index (κ2) is 12.5. The summed E-state index contributed by atoms with van der Waals surface area (Å²) >= 11 is 1.59. The van der Waals surface area contributed by atoms with E-state index in [1.54, 1.807) is 55.2 Å². The van der Waals surface area contributed by atoms with Gasteiger partial charge < -0.3 is 20.1 Å². The highest BCUT2D eigenvalue weighted by Crippen LogP contribution is 2.18. The zero-order valence-electron chi connectivity index (χ0n) is 17.8. The zero-order valence-corrected chi connectivity index (χ0v) is 18.6. The highest BCUT2D eigenvalue weighted by Gasteiger charge is 2.21. The summed E-state index contributed by atoms with van der Waals surface area (Å²) in [4.78, 5) is 38.0. The molecule has 0 aliphatic rings. The number of rotatable bonds is 10. The first-order chi connectivity index (χ1) is 14.9. The first kappa shape index (κ1) is 24.1. The van der Waals surface area contributed by atoms with Crippen molar-refractivity contribution < 1.29 is 23.9 Å². The summed E-state index contributed by atoms with van der Waals surface area (Å²) < 4.78 is 10.1. The number of amides is 3. The van der Waals surface area contributed by atoms with Crippen LogP contribution in [0.2, 0.25) is 0 Å². The fourth-order valence-electron chi connectivity index (χ4n) is 2.65. The molecule has 31 heavy (non-hydrogen) atoms. The van der Waals surface area contributed by atoms with Gasteiger partial charge in [-0.3, -0.25) is 14.5 Å². The van der Waals surface area contributed by atoms with Gasteiger partial charge in [0.1, 0.15) is 11.8 Å². The van der Waals surface area contributed by atoms with Crippen molar-refractivity contribution in [3.8, 4) is 5.75 Å². The van der Waals surface area contributed by atoms with Crippen molar-refractivity contribution in [1.29, 1.82) is 0 Å². The number of hydrogen-bond donors (Lipinski definition) is 2. The first-order valence-corrected chi connectivity index (χ1v) is 11.0. The van der Waals surface area contributed by atoms with Crippen molar-refractivity contribution in [1.82, 2.24) is 5.32 Å². The van der Waals surface area contributed by atoms with Crippen LogP contribution in [0.3, 0.4) is 0 Å². The van der Waals surface area contributed by atoms with Crippen LogP contribution >= 0.6 is 11.8 Å². The molecule has 0 saturated heterocycles. The third-order valence-electron chi connectivity index (χ3n) is 4.35. The summed E-state index contributed by atoms with van der Waals surface area (Å²) in [5.41, 5.74) is 1.17. The lowest BCUT2D eigenvalue weighted by Gasteiger charge is -2.19. The molecule has 9 heteroatoms. The largest absolute Gasteiger partial charge is 0.484 e. The molecule has 0 aliphatic heterocycles. The molecule has 8 nitrogen and oxygen atoms in total. The Labute approximate surface area is 186 Å². The van der Waals surface area contributed by atoms with Crippen LogP contribution in [0.1, 0.15) is 6.42 Å². The molecule has 0 spiro atoms. The smallest absolute Gasteiger partial charge is 0.413 e. The number of benzene rings is 2. The molecule has 0 aromatic heterocycles. The molecular weight excluding hydrogens is 418 g/mol. The summed E-state index contributed by atoms with van der Waals surface area (Å²) in [6, 6.07) is 15.0. The quantitative estimate of drug-likeness (QED) is 0.583. The van der Waals surface area contributed by atoms with Crippen molar-refractivity contribution in [2.75, 3.05) is 43.0 Å². The van der Waals surface area contributed by atoms with Gasteiger partial charge in [0.05, 0.1) is 7.11 Å². The molecular formula is C22H27N3O5S. The Hall–Kier alpha value is -3.20. The molecule has 2 aromatic carbocycles. The number of para-hydroxylation sites is 1. The molecule has 2 N–H and O–H groups in total. The molecule has 0 radical (unpaired) electrons. The van der Waals surface area contributed by atoms with Crippen LogP contribution in [0.15, 0.2) is 54.6 Å². The third kappa shape index (κ3) is 7.86. The maximum absolute atomic E-state index is 12.7. The van der Waals surface area contributed by atoms with E-state index in [1.165, 1.54) is 12.0 Å². The minimum Gasteiger partial charge on any atom is -0.484 e. The van der Waals surface area contributed by atoms with Crippen LogP contribution in [0, 0.1) is 0 Å². The topological polar surface area (TPSA) is 97.0 Å². The molecule has 166 valence electrons. The van der Waals surface area contributed by atoms with Gasteiger partial charge in [-0.05, 0) is 54.8 Å². The minimum absolute atomic E-state index is 0.179. The van der Waals surface area contributed by atoms with Gasteiger partial charge in [-0.1, -0.05) is 18.2 Å². The van der Waals surface area contributed by atoms with E-state index in [-0.39, 0.29) is 18.4 Å². The first-order valence-electron chi connectivity index (χ1n) is 9.63. The molecule has 2 rings (SSSR count). The molecule has 0 aliphatic carbocycles. The average Bonchev–Trinajstić information content (AvgIpc) is 2.80. The molecule has 1 atom stereocenters. The lowest BCUT2D eigenvalue weighted by Crippen LogP contribution is -2.45. The predicted molar refractivity (Wildman–Crippen MR) is 123 cm³/mol. The monoisotopic (exact) mass is 445 g/mol. The number of hydrogen-bond acceptors (Lipinski definition) is 6. The number of nitrogens with zero attached hydrogens (tertiary/aromatic N) is 1. The van der Waals surface area contributed by atoms with Gasteiger partial charge in [-0.25, -0.2) is 4.79 Å². The van der Waals surface area contributed by atoms with Crippen molar-refractivity contribution in [3.63, 3.8) is 0 Å². The summed E-state index contributed by atoms with van der Waals surface area (Å²) in [6.07, 6.45) is 1.92.